The summed E-state index contributed by atoms with van der Waals surface area (Å²) in [4.78, 5) is 14.1. The zero-order chi connectivity index (χ0) is 14.4. The molecule has 2 aromatic rings. The van der Waals surface area contributed by atoms with E-state index in [2.05, 4.69) is 28.7 Å². The van der Waals surface area contributed by atoms with Crippen molar-refractivity contribution in [1.82, 2.24) is 4.90 Å². The summed E-state index contributed by atoms with van der Waals surface area (Å²) in [5, 5.41) is 8.73. The van der Waals surface area contributed by atoms with Crippen LogP contribution in [0.2, 0.25) is 0 Å². The molecular weight excluding hydrogens is 367 g/mol. The van der Waals surface area contributed by atoms with E-state index in [-0.39, 0.29) is 5.91 Å². The number of halogens is 1. The van der Waals surface area contributed by atoms with Crippen molar-refractivity contribution in [2.75, 3.05) is 6.54 Å². The molecule has 1 aromatic heterocycles. The lowest BCUT2D eigenvalue weighted by molar-refractivity contribution is 0.0735. The molecule has 2 rings (SSSR count). The maximum Gasteiger partial charge on any atom is 0.254 e. The van der Waals surface area contributed by atoms with Crippen molar-refractivity contribution in [3.8, 4) is 6.07 Å². The first kappa shape index (κ1) is 14.6. The first-order chi connectivity index (χ1) is 9.70. The Balaban J connectivity index is 2.17. The molecule has 0 saturated carbocycles. The van der Waals surface area contributed by atoms with Gasteiger partial charge in [-0.05, 0) is 52.9 Å². The Hall–Kier alpha value is -1.81. The van der Waals surface area contributed by atoms with Crippen LogP contribution in [0.3, 0.4) is 0 Å². The van der Waals surface area contributed by atoms with Crippen LogP contribution in [0.4, 0.5) is 0 Å². The Kier molecular flexibility index (Phi) is 5.18. The average Bonchev–Trinajstić information content (AvgIpc) is 2.95. The highest BCUT2D eigenvalue weighted by atomic mass is 127. The maximum absolute atomic E-state index is 12.5. The Bertz CT molecular complexity index is 617. The summed E-state index contributed by atoms with van der Waals surface area (Å²) in [7, 11) is 0. The molecule has 1 aromatic carbocycles. The monoisotopic (exact) mass is 380 g/mol. The Morgan fingerprint density at radius 2 is 2.20 bits per heavy atom. The first-order valence-electron chi connectivity index (χ1n) is 6.15. The van der Waals surface area contributed by atoms with Crippen LogP contribution in [0.5, 0.6) is 0 Å². The molecule has 1 amide bonds. The number of furan rings is 1. The van der Waals surface area contributed by atoms with E-state index in [1.807, 2.05) is 24.3 Å². The molecule has 0 atom stereocenters. The smallest absolute Gasteiger partial charge is 0.254 e. The molecule has 0 unspecified atom stereocenters. The zero-order valence-electron chi connectivity index (χ0n) is 10.8. The summed E-state index contributed by atoms with van der Waals surface area (Å²) in [6, 6.07) is 13.1. The fourth-order valence-corrected chi connectivity index (χ4v) is 2.38. The summed E-state index contributed by atoms with van der Waals surface area (Å²) in [6.07, 6.45) is 1.88. The van der Waals surface area contributed by atoms with Crippen LogP contribution in [-0.4, -0.2) is 17.4 Å². The predicted octanol–water partition coefficient (Wildman–Crippen LogP) is 3.44. The number of hydrogen-bond donors (Lipinski definition) is 0. The number of carbonyl (C=O) groups excluding carboxylic acids is 1. The molecule has 20 heavy (non-hydrogen) atoms. The van der Waals surface area contributed by atoms with Gasteiger partial charge in [0, 0.05) is 15.7 Å². The van der Waals surface area contributed by atoms with E-state index in [0.717, 1.165) is 3.57 Å². The topological polar surface area (TPSA) is 57.2 Å². The molecule has 4 nitrogen and oxygen atoms in total. The van der Waals surface area contributed by atoms with E-state index in [1.165, 1.54) is 0 Å². The number of nitrogens with zero attached hydrogens (tertiary/aromatic N) is 2. The lowest BCUT2D eigenvalue weighted by atomic mass is 10.2. The molecule has 0 aliphatic carbocycles. The fraction of sp³-hybridized carbons (Fsp3) is 0.200. The van der Waals surface area contributed by atoms with Crippen LogP contribution in [0.15, 0.2) is 47.1 Å². The van der Waals surface area contributed by atoms with Crippen LogP contribution in [-0.2, 0) is 6.54 Å². The van der Waals surface area contributed by atoms with E-state index < -0.39 is 0 Å². The third kappa shape index (κ3) is 3.84. The summed E-state index contributed by atoms with van der Waals surface area (Å²) < 4.78 is 6.28. The van der Waals surface area contributed by atoms with Gasteiger partial charge in [-0.1, -0.05) is 6.07 Å². The Morgan fingerprint density at radius 3 is 2.85 bits per heavy atom. The molecule has 0 fully saturated rings. The van der Waals surface area contributed by atoms with Gasteiger partial charge < -0.3 is 9.32 Å². The van der Waals surface area contributed by atoms with Crippen molar-refractivity contribution in [2.45, 2.75) is 13.0 Å². The predicted molar refractivity (Wildman–Crippen MR) is 82.8 cm³/mol. The zero-order valence-corrected chi connectivity index (χ0v) is 12.9. The first-order valence-corrected chi connectivity index (χ1v) is 7.23. The number of hydrogen-bond acceptors (Lipinski definition) is 3. The number of rotatable bonds is 5. The second-order valence-electron chi connectivity index (χ2n) is 4.22. The maximum atomic E-state index is 12.5. The normalized spacial score (nSPS) is 10.0. The Morgan fingerprint density at radius 1 is 1.35 bits per heavy atom. The minimum Gasteiger partial charge on any atom is -0.467 e. The van der Waals surface area contributed by atoms with E-state index >= 15 is 0 Å². The number of amides is 1. The quantitative estimate of drug-likeness (QED) is 0.747. The van der Waals surface area contributed by atoms with Crippen molar-refractivity contribution in [2.24, 2.45) is 0 Å². The van der Waals surface area contributed by atoms with Gasteiger partial charge in [-0.15, -0.1) is 0 Å². The molecular formula is C15H13IN2O2. The van der Waals surface area contributed by atoms with Crippen molar-refractivity contribution >= 4 is 28.5 Å². The van der Waals surface area contributed by atoms with Crippen LogP contribution in [0.25, 0.3) is 0 Å². The van der Waals surface area contributed by atoms with E-state index in [1.54, 1.807) is 23.3 Å². The van der Waals surface area contributed by atoms with Gasteiger partial charge in [0.1, 0.15) is 5.76 Å². The lowest BCUT2D eigenvalue weighted by Gasteiger charge is -2.20. The second-order valence-corrected chi connectivity index (χ2v) is 5.47. The summed E-state index contributed by atoms with van der Waals surface area (Å²) in [5.41, 5.74) is 0.626. The summed E-state index contributed by atoms with van der Waals surface area (Å²) in [6.45, 7) is 0.764. The highest BCUT2D eigenvalue weighted by Gasteiger charge is 2.17. The van der Waals surface area contributed by atoms with Crippen molar-refractivity contribution in [3.05, 3.63) is 57.6 Å². The SMILES string of the molecule is N#CCCN(Cc1ccco1)C(=O)c1cccc(I)c1. The van der Waals surface area contributed by atoms with Crippen LogP contribution in [0.1, 0.15) is 22.5 Å². The highest BCUT2D eigenvalue weighted by molar-refractivity contribution is 14.1. The molecule has 0 spiro atoms. The number of nitriles is 1. The molecule has 0 saturated heterocycles. The van der Waals surface area contributed by atoms with Gasteiger partial charge in [0.05, 0.1) is 25.3 Å². The van der Waals surface area contributed by atoms with Crippen LogP contribution < -0.4 is 0 Å². The molecule has 1 heterocycles. The molecule has 0 aliphatic heterocycles. The third-order valence-corrected chi connectivity index (χ3v) is 3.45. The van der Waals surface area contributed by atoms with Gasteiger partial charge in [0.15, 0.2) is 0 Å². The van der Waals surface area contributed by atoms with Gasteiger partial charge in [-0.25, -0.2) is 0 Å². The summed E-state index contributed by atoms with van der Waals surface area (Å²) in [5.74, 6) is 0.622. The van der Waals surface area contributed by atoms with Gasteiger partial charge >= 0.3 is 0 Å². The largest absolute Gasteiger partial charge is 0.467 e. The molecule has 0 radical (unpaired) electrons. The number of benzene rings is 1. The van der Waals surface area contributed by atoms with E-state index in [4.69, 9.17) is 9.68 Å². The summed E-state index contributed by atoms with van der Waals surface area (Å²) >= 11 is 2.17. The van der Waals surface area contributed by atoms with Crippen molar-refractivity contribution < 1.29 is 9.21 Å². The van der Waals surface area contributed by atoms with Gasteiger partial charge in [0.2, 0.25) is 0 Å². The molecule has 0 bridgehead atoms. The molecule has 5 heteroatoms. The lowest BCUT2D eigenvalue weighted by Crippen LogP contribution is -2.31. The minimum absolute atomic E-state index is 0.0878. The fourth-order valence-electron chi connectivity index (χ4n) is 1.83. The van der Waals surface area contributed by atoms with E-state index in [0.29, 0.717) is 30.8 Å². The standard InChI is InChI=1S/C15H13IN2O2/c16-13-5-1-4-12(10-13)15(19)18(8-3-7-17)11-14-6-2-9-20-14/h1-2,4-6,9-10H,3,8,11H2. The number of carbonyl (C=O) groups is 1. The Labute approximate surface area is 131 Å². The minimum atomic E-state index is -0.0878. The van der Waals surface area contributed by atoms with Gasteiger partial charge in [0.25, 0.3) is 5.91 Å². The molecule has 0 N–H and O–H groups in total. The van der Waals surface area contributed by atoms with E-state index in [9.17, 15) is 4.79 Å². The van der Waals surface area contributed by atoms with Crippen molar-refractivity contribution in [1.29, 1.82) is 5.26 Å². The molecule has 102 valence electrons. The van der Waals surface area contributed by atoms with Crippen LogP contribution in [0, 0.1) is 14.9 Å². The van der Waals surface area contributed by atoms with Crippen LogP contribution >= 0.6 is 22.6 Å². The van der Waals surface area contributed by atoms with Gasteiger partial charge in [-0.2, -0.15) is 5.26 Å². The average molecular weight is 380 g/mol. The third-order valence-electron chi connectivity index (χ3n) is 2.78. The van der Waals surface area contributed by atoms with Crippen molar-refractivity contribution in [3.63, 3.8) is 0 Å². The molecule has 0 aliphatic rings. The highest BCUT2D eigenvalue weighted by Crippen LogP contribution is 2.13. The second kappa shape index (κ2) is 7.10. The van der Waals surface area contributed by atoms with Gasteiger partial charge in [-0.3, -0.25) is 4.79 Å².